The summed E-state index contributed by atoms with van der Waals surface area (Å²) < 4.78 is 17.1. The third kappa shape index (κ3) is 4.35. The Morgan fingerprint density at radius 3 is 3.00 bits per heavy atom. The molecule has 4 rings (SSSR count). The molecule has 0 bridgehead atoms. The van der Waals surface area contributed by atoms with E-state index in [0.717, 1.165) is 44.2 Å². The van der Waals surface area contributed by atoms with Gasteiger partial charge >= 0.3 is 5.97 Å². The van der Waals surface area contributed by atoms with Crippen LogP contribution in [-0.4, -0.2) is 49.1 Å². The zero-order chi connectivity index (χ0) is 21.3. The Balaban J connectivity index is 1.36. The summed E-state index contributed by atoms with van der Waals surface area (Å²) in [4.78, 5) is 12.7. The van der Waals surface area contributed by atoms with Crippen LogP contribution in [0.25, 0.3) is 0 Å². The molecule has 6 nitrogen and oxygen atoms in total. The van der Waals surface area contributed by atoms with Gasteiger partial charge < -0.3 is 24.6 Å². The smallest absolute Gasteiger partial charge is 0.311 e. The van der Waals surface area contributed by atoms with Crippen molar-refractivity contribution in [3.8, 4) is 11.5 Å². The number of aromatic hydroxyl groups is 1. The van der Waals surface area contributed by atoms with Crippen LogP contribution < -0.4 is 10.1 Å². The quantitative estimate of drug-likeness (QED) is 0.321. The van der Waals surface area contributed by atoms with Gasteiger partial charge in [0.2, 0.25) is 0 Å². The number of hydrogen-bond acceptors (Lipinski definition) is 6. The van der Waals surface area contributed by atoms with Crippen LogP contribution in [0.5, 0.6) is 11.5 Å². The van der Waals surface area contributed by atoms with Gasteiger partial charge in [-0.2, -0.15) is 0 Å². The summed E-state index contributed by atoms with van der Waals surface area (Å²) in [6, 6.07) is 5.38. The number of carbonyl (C=O) groups excluding carboxylic acids is 1. The average molecular weight is 416 g/mol. The molecule has 0 amide bonds. The first-order chi connectivity index (χ1) is 14.4. The molecule has 1 aromatic rings. The predicted octanol–water partition coefficient (Wildman–Crippen LogP) is 3.37. The van der Waals surface area contributed by atoms with E-state index in [9.17, 15) is 9.90 Å². The molecule has 0 radical (unpaired) electrons. The highest BCUT2D eigenvalue weighted by molar-refractivity contribution is 5.75. The van der Waals surface area contributed by atoms with Crippen molar-refractivity contribution >= 4 is 5.97 Å². The SMILES string of the molecule is COc1cc(CCNC[C@@H]2C(=O)O[C@H]3[C@H]2CCC(C)=CCC[C@@]2(C)O[C@@H]32)ccc1O. The van der Waals surface area contributed by atoms with E-state index in [1.807, 2.05) is 12.1 Å². The fraction of sp³-hybridized carbons (Fsp3) is 0.625. The minimum absolute atomic E-state index is 0.0349. The molecular weight excluding hydrogens is 382 g/mol. The normalized spacial score (nSPS) is 33.2. The van der Waals surface area contributed by atoms with Gasteiger partial charge in [-0.25, -0.2) is 0 Å². The molecule has 2 aliphatic heterocycles. The lowest BCUT2D eigenvalue weighted by atomic mass is 9.80. The number of phenols is 1. The first kappa shape index (κ1) is 21.2. The standard InChI is InChI=1S/C24H33NO5/c1-15-5-4-11-24(2)22(30-24)21-17(8-6-15)18(23(27)29-21)14-25-12-10-16-7-9-19(26)20(13-16)28-3/h5,7,9,13,17-18,21-22,25-26H,4,6,8,10-12,14H2,1-3H3/t17-,18-,21-,22-,24+/m0/s1. The number of methoxy groups -OCH3 is 1. The Hall–Kier alpha value is -2.05. The molecule has 0 saturated carbocycles. The van der Waals surface area contributed by atoms with Crippen LogP contribution in [-0.2, 0) is 20.7 Å². The number of carbonyl (C=O) groups is 1. The predicted molar refractivity (Wildman–Crippen MR) is 114 cm³/mol. The number of phenolic OH excluding ortho intramolecular Hbond substituents is 1. The van der Waals surface area contributed by atoms with Crippen molar-refractivity contribution < 1.29 is 24.1 Å². The second-order valence-electron chi connectivity index (χ2n) is 9.11. The maximum atomic E-state index is 12.7. The fourth-order valence-electron chi connectivity index (χ4n) is 4.94. The highest BCUT2D eigenvalue weighted by atomic mass is 16.6. The molecule has 2 saturated heterocycles. The molecule has 6 heteroatoms. The van der Waals surface area contributed by atoms with Crippen LogP contribution in [0.15, 0.2) is 29.8 Å². The molecule has 2 N–H and O–H groups in total. The second kappa shape index (κ2) is 8.60. The van der Waals surface area contributed by atoms with E-state index in [2.05, 4.69) is 25.2 Å². The summed E-state index contributed by atoms with van der Waals surface area (Å²) in [5, 5.41) is 13.2. The number of rotatable bonds is 6. The average Bonchev–Trinajstić information content (AvgIpc) is 3.29. The highest BCUT2D eigenvalue weighted by Gasteiger charge is 2.62. The van der Waals surface area contributed by atoms with Gasteiger partial charge in [-0.15, -0.1) is 0 Å². The zero-order valence-electron chi connectivity index (χ0n) is 18.1. The Morgan fingerprint density at radius 1 is 1.37 bits per heavy atom. The third-order valence-electron chi connectivity index (χ3n) is 6.94. The third-order valence-corrected chi connectivity index (χ3v) is 6.94. The van der Waals surface area contributed by atoms with Gasteiger partial charge in [-0.3, -0.25) is 4.79 Å². The largest absolute Gasteiger partial charge is 0.504 e. The van der Waals surface area contributed by atoms with Gasteiger partial charge in [-0.1, -0.05) is 17.7 Å². The molecule has 5 atom stereocenters. The summed E-state index contributed by atoms with van der Waals surface area (Å²) in [5.74, 6) is 0.579. The maximum Gasteiger partial charge on any atom is 0.311 e. The number of allylic oxidation sites excluding steroid dienone is 2. The van der Waals surface area contributed by atoms with Crippen LogP contribution in [0.3, 0.4) is 0 Å². The molecule has 2 heterocycles. The Morgan fingerprint density at radius 2 is 2.20 bits per heavy atom. The van der Waals surface area contributed by atoms with Crippen molar-refractivity contribution in [2.75, 3.05) is 20.2 Å². The molecule has 0 spiro atoms. The summed E-state index contributed by atoms with van der Waals surface area (Å²) in [5.41, 5.74) is 2.31. The molecule has 1 aromatic carbocycles. The van der Waals surface area contributed by atoms with Gasteiger partial charge in [0.25, 0.3) is 0 Å². The van der Waals surface area contributed by atoms with Crippen molar-refractivity contribution in [2.45, 2.75) is 63.8 Å². The Kier molecular flexibility index (Phi) is 6.07. The lowest BCUT2D eigenvalue weighted by molar-refractivity contribution is -0.144. The molecule has 2 fully saturated rings. The van der Waals surface area contributed by atoms with Crippen molar-refractivity contribution in [2.24, 2.45) is 11.8 Å². The number of epoxide rings is 1. The van der Waals surface area contributed by atoms with Crippen LogP contribution >= 0.6 is 0 Å². The van der Waals surface area contributed by atoms with Gasteiger partial charge in [0, 0.05) is 12.5 Å². The summed E-state index contributed by atoms with van der Waals surface area (Å²) in [6.07, 6.45) is 6.99. The zero-order valence-corrected chi connectivity index (χ0v) is 18.1. The fourth-order valence-corrected chi connectivity index (χ4v) is 4.94. The maximum absolute atomic E-state index is 12.7. The van der Waals surface area contributed by atoms with Gasteiger partial charge in [0.15, 0.2) is 11.5 Å². The van der Waals surface area contributed by atoms with Gasteiger partial charge in [0.05, 0.1) is 18.6 Å². The Labute approximate surface area is 178 Å². The molecule has 3 aliphatic rings. The lowest BCUT2D eigenvalue weighted by Gasteiger charge is -2.22. The summed E-state index contributed by atoms with van der Waals surface area (Å²) >= 11 is 0. The van der Waals surface area contributed by atoms with Crippen molar-refractivity contribution in [3.63, 3.8) is 0 Å². The first-order valence-corrected chi connectivity index (χ1v) is 11.0. The van der Waals surface area contributed by atoms with Crippen molar-refractivity contribution in [3.05, 3.63) is 35.4 Å². The first-order valence-electron chi connectivity index (χ1n) is 11.0. The number of esters is 1. The molecule has 30 heavy (non-hydrogen) atoms. The lowest BCUT2D eigenvalue weighted by Crippen LogP contribution is -2.35. The van der Waals surface area contributed by atoms with Crippen molar-refractivity contribution in [1.82, 2.24) is 5.32 Å². The minimum atomic E-state index is -0.155. The number of ether oxygens (including phenoxy) is 3. The molecule has 1 aliphatic carbocycles. The van der Waals surface area contributed by atoms with Gasteiger partial charge in [-0.05, 0) is 70.2 Å². The van der Waals surface area contributed by atoms with Crippen molar-refractivity contribution in [1.29, 1.82) is 0 Å². The van der Waals surface area contributed by atoms with Crippen LogP contribution in [0.4, 0.5) is 0 Å². The minimum Gasteiger partial charge on any atom is -0.504 e. The summed E-state index contributed by atoms with van der Waals surface area (Å²) in [7, 11) is 1.55. The number of hydrogen-bond donors (Lipinski definition) is 2. The van der Waals surface area contributed by atoms with Crippen LogP contribution in [0, 0.1) is 11.8 Å². The molecule has 0 aromatic heterocycles. The van der Waals surface area contributed by atoms with E-state index >= 15 is 0 Å². The molecule has 164 valence electrons. The highest BCUT2D eigenvalue weighted by Crippen LogP contribution is 2.50. The van der Waals surface area contributed by atoms with E-state index in [1.165, 1.54) is 5.57 Å². The molecular formula is C24H33NO5. The van der Waals surface area contributed by atoms with Crippen LogP contribution in [0.1, 0.15) is 45.1 Å². The number of fused-ring (bicyclic) bond motifs is 3. The van der Waals surface area contributed by atoms with E-state index in [4.69, 9.17) is 14.2 Å². The van der Waals surface area contributed by atoms with Gasteiger partial charge in [0.1, 0.15) is 12.2 Å². The van der Waals surface area contributed by atoms with E-state index < -0.39 is 0 Å². The second-order valence-corrected chi connectivity index (χ2v) is 9.11. The number of nitrogens with one attached hydrogen (secondary N) is 1. The Bertz CT molecular complexity index is 822. The molecule has 0 unspecified atom stereocenters. The van der Waals surface area contributed by atoms with E-state index in [-0.39, 0.29) is 41.4 Å². The monoisotopic (exact) mass is 415 g/mol. The van der Waals surface area contributed by atoms with E-state index in [0.29, 0.717) is 12.3 Å². The number of benzene rings is 1. The summed E-state index contributed by atoms with van der Waals surface area (Å²) in [6.45, 7) is 5.68. The topological polar surface area (TPSA) is 80.3 Å². The van der Waals surface area contributed by atoms with Crippen LogP contribution in [0.2, 0.25) is 0 Å². The van der Waals surface area contributed by atoms with E-state index in [1.54, 1.807) is 13.2 Å².